The van der Waals surface area contributed by atoms with Gasteiger partial charge in [0.2, 0.25) is 5.91 Å². The Hall–Kier alpha value is -1.49. The van der Waals surface area contributed by atoms with E-state index in [1.807, 2.05) is 0 Å². The summed E-state index contributed by atoms with van der Waals surface area (Å²) in [6.07, 6.45) is 0.162. The van der Waals surface area contributed by atoms with Crippen molar-refractivity contribution in [1.29, 1.82) is 0 Å². The van der Waals surface area contributed by atoms with E-state index in [-0.39, 0.29) is 17.9 Å². The molecule has 1 heterocycles. The number of hydrogen-bond acceptors (Lipinski definition) is 2. The summed E-state index contributed by atoms with van der Waals surface area (Å²) < 4.78 is 26.2. The highest BCUT2D eigenvalue weighted by Gasteiger charge is 2.22. The van der Waals surface area contributed by atoms with Gasteiger partial charge in [-0.15, -0.1) is 0 Å². The molecule has 2 rings (SSSR count). The van der Waals surface area contributed by atoms with Crippen molar-refractivity contribution in [3.8, 4) is 0 Å². The first-order chi connectivity index (χ1) is 7.66. The lowest BCUT2D eigenvalue weighted by Crippen LogP contribution is -2.53. The normalized spacial score (nSPS) is 20.6. The van der Waals surface area contributed by atoms with Gasteiger partial charge in [-0.25, -0.2) is 8.78 Å². The Kier molecular flexibility index (Phi) is 3.14. The van der Waals surface area contributed by atoms with Gasteiger partial charge in [0.25, 0.3) is 0 Å². The van der Waals surface area contributed by atoms with Gasteiger partial charge in [0.15, 0.2) is 0 Å². The smallest absolute Gasteiger partial charge is 0.237 e. The lowest BCUT2D eigenvalue weighted by molar-refractivity contribution is -0.124. The fraction of sp³-hybridized carbons (Fsp3) is 0.364. The highest BCUT2D eigenvalue weighted by Crippen LogP contribution is 2.12. The number of carbonyl (C=O) groups is 1. The van der Waals surface area contributed by atoms with Crippen molar-refractivity contribution in [3.63, 3.8) is 0 Å². The fourth-order valence-electron chi connectivity index (χ4n) is 1.73. The molecule has 1 aliphatic heterocycles. The van der Waals surface area contributed by atoms with Crippen molar-refractivity contribution >= 4 is 5.91 Å². The van der Waals surface area contributed by atoms with Crippen LogP contribution in [0.1, 0.15) is 5.56 Å². The van der Waals surface area contributed by atoms with E-state index in [1.165, 1.54) is 0 Å². The number of piperazine rings is 1. The summed E-state index contributed by atoms with van der Waals surface area (Å²) in [5, 5.41) is 5.63. The summed E-state index contributed by atoms with van der Waals surface area (Å²) in [5.74, 6) is -1.15. The molecule has 0 saturated carbocycles. The molecule has 16 heavy (non-hydrogen) atoms. The third kappa shape index (κ3) is 2.36. The molecular weight excluding hydrogens is 214 g/mol. The molecule has 0 aromatic heterocycles. The van der Waals surface area contributed by atoms with E-state index in [0.717, 1.165) is 18.2 Å². The highest BCUT2D eigenvalue weighted by molar-refractivity contribution is 5.82. The fourth-order valence-corrected chi connectivity index (χ4v) is 1.73. The van der Waals surface area contributed by atoms with Gasteiger partial charge in [0, 0.05) is 13.1 Å². The standard InChI is InChI=1S/C11H12F2N2O/c12-8-1-2-9(13)7(5-8)6-10-11(16)15-4-3-14-10/h1-2,5,10,14H,3-4,6H2,(H,15,16)/t10-/m1/s1. The van der Waals surface area contributed by atoms with Crippen LogP contribution >= 0.6 is 0 Å². The summed E-state index contributed by atoms with van der Waals surface area (Å²) in [6.45, 7) is 1.22. The Morgan fingerprint density at radius 2 is 2.12 bits per heavy atom. The van der Waals surface area contributed by atoms with E-state index in [0.29, 0.717) is 13.1 Å². The predicted octanol–water partition coefficient (Wildman–Crippen LogP) is 0.595. The van der Waals surface area contributed by atoms with Gasteiger partial charge in [0.05, 0.1) is 6.04 Å². The summed E-state index contributed by atoms with van der Waals surface area (Å²) in [7, 11) is 0. The number of nitrogens with one attached hydrogen (secondary N) is 2. The molecule has 0 unspecified atom stereocenters. The summed E-state index contributed by atoms with van der Waals surface area (Å²) in [6, 6.07) is 2.78. The van der Waals surface area contributed by atoms with E-state index in [4.69, 9.17) is 0 Å². The molecule has 0 aliphatic carbocycles. The van der Waals surface area contributed by atoms with Crippen LogP contribution in [0.3, 0.4) is 0 Å². The van der Waals surface area contributed by atoms with Gasteiger partial charge in [-0.1, -0.05) is 0 Å². The monoisotopic (exact) mass is 226 g/mol. The van der Waals surface area contributed by atoms with E-state index >= 15 is 0 Å². The first kappa shape index (κ1) is 11.0. The molecule has 1 saturated heterocycles. The summed E-state index contributed by atoms with van der Waals surface area (Å²) in [4.78, 5) is 11.4. The van der Waals surface area contributed by atoms with Crippen molar-refractivity contribution in [2.45, 2.75) is 12.5 Å². The quantitative estimate of drug-likeness (QED) is 0.775. The number of amides is 1. The van der Waals surface area contributed by atoms with Gasteiger partial charge >= 0.3 is 0 Å². The van der Waals surface area contributed by atoms with E-state index < -0.39 is 17.7 Å². The van der Waals surface area contributed by atoms with Gasteiger partial charge in [-0.3, -0.25) is 4.79 Å². The molecular formula is C11H12F2N2O. The second kappa shape index (κ2) is 4.57. The zero-order valence-corrected chi connectivity index (χ0v) is 8.59. The molecule has 3 nitrogen and oxygen atoms in total. The second-order valence-corrected chi connectivity index (χ2v) is 3.74. The minimum absolute atomic E-state index is 0.162. The van der Waals surface area contributed by atoms with E-state index in [9.17, 15) is 13.6 Å². The highest BCUT2D eigenvalue weighted by atomic mass is 19.1. The number of benzene rings is 1. The van der Waals surface area contributed by atoms with Crippen LogP contribution in [0.25, 0.3) is 0 Å². The van der Waals surface area contributed by atoms with Crippen molar-refractivity contribution in [3.05, 3.63) is 35.4 Å². The lowest BCUT2D eigenvalue weighted by atomic mass is 10.0. The lowest BCUT2D eigenvalue weighted by Gasteiger charge is -2.23. The molecule has 1 aromatic carbocycles. The van der Waals surface area contributed by atoms with Crippen LogP contribution in [0.2, 0.25) is 0 Å². The number of halogens is 2. The molecule has 1 aliphatic rings. The zero-order valence-electron chi connectivity index (χ0n) is 8.59. The maximum atomic E-state index is 13.3. The molecule has 86 valence electrons. The topological polar surface area (TPSA) is 41.1 Å². The number of carbonyl (C=O) groups excluding carboxylic acids is 1. The first-order valence-corrected chi connectivity index (χ1v) is 5.12. The van der Waals surface area contributed by atoms with Gasteiger partial charge < -0.3 is 10.6 Å². The third-order valence-electron chi connectivity index (χ3n) is 2.56. The van der Waals surface area contributed by atoms with Crippen LogP contribution in [-0.2, 0) is 11.2 Å². The van der Waals surface area contributed by atoms with Crippen molar-refractivity contribution in [2.24, 2.45) is 0 Å². The molecule has 0 radical (unpaired) electrons. The van der Waals surface area contributed by atoms with Gasteiger partial charge in [-0.05, 0) is 30.2 Å². The first-order valence-electron chi connectivity index (χ1n) is 5.12. The van der Waals surface area contributed by atoms with Crippen molar-refractivity contribution in [1.82, 2.24) is 10.6 Å². The Morgan fingerprint density at radius 1 is 1.31 bits per heavy atom. The Balaban J connectivity index is 2.13. The summed E-state index contributed by atoms with van der Waals surface area (Å²) >= 11 is 0. The molecule has 2 N–H and O–H groups in total. The van der Waals surface area contributed by atoms with Crippen LogP contribution < -0.4 is 10.6 Å². The summed E-state index contributed by atoms with van der Waals surface area (Å²) in [5.41, 5.74) is 0.217. The Labute approximate surface area is 91.8 Å². The van der Waals surface area contributed by atoms with E-state index in [2.05, 4.69) is 10.6 Å². The number of hydrogen-bond donors (Lipinski definition) is 2. The largest absolute Gasteiger partial charge is 0.353 e. The molecule has 0 spiro atoms. The average Bonchev–Trinajstić information content (AvgIpc) is 2.27. The van der Waals surface area contributed by atoms with Crippen LogP contribution in [0, 0.1) is 11.6 Å². The molecule has 5 heteroatoms. The molecule has 0 bridgehead atoms. The predicted molar refractivity (Wildman–Crippen MR) is 54.9 cm³/mol. The molecule has 1 fully saturated rings. The van der Waals surface area contributed by atoms with Crippen LogP contribution in [-0.4, -0.2) is 25.0 Å². The van der Waals surface area contributed by atoms with E-state index in [1.54, 1.807) is 0 Å². The zero-order chi connectivity index (χ0) is 11.5. The Bertz CT molecular complexity index is 409. The number of rotatable bonds is 2. The molecule has 1 amide bonds. The van der Waals surface area contributed by atoms with Crippen LogP contribution in [0.4, 0.5) is 8.78 Å². The third-order valence-corrected chi connectivity index (χ3v) is 2.56. The second-order valence-electron chi connectivity index (χ2n) is 3.74. The molecule has 1 aromatic rings. The van der Waals surface area contributed by atoms with Crippen molar-refractivity contribution in [2.75, 3.05) is 13.1 Å². The van der Waals surface area contributed by atoms with Gasteiger partial charge in [-0.2, -0.15) is 0 Å². The maximum Gasteiger partial charge on any atom is 0.237 e. The minimum atomic E-state index is -0.493. The van der Waals surface area contributed by atoms with Gasteiger partial charge in [0.1, 0.15) is 11.6 Å². The van der Waals surface area contributed by atoms with Crippen molar-refractivity contribution < 1.29 is 13.6 Å². The minimum Gasteiger partial charge on any atom is -0.353 e. The van der Waals surface area contributed by atoms with Crippen LogP contribution in [0.5, 0.6) is 0 Å². The average molecular weight is 226 g/mol. The molecule has 1 atom stereocenters. The maximum absolute atomic E-state index is 13.3. The van der Waals surface area contributed by atoms with Crippen LogP contribution in [0.15, 0.2) is 18.2 Å². The SMILES string of the molecule is O=C1NCCN[C@@H]1Cc1cc(F)ccc1F. The Morgan fingerprint density at radius 3 is 2.88 bits per heavy atom.